The van der Waals surface area contributed by atoms with Crippen LogP contribution in [0.25, 0.3) is 0 Å². The molecule has 160 valence electrons. The summed E-state index contributed by atoms with van der Waals surface area (Å²) in [5.41, 5.74) is 6.92. The molecule has 28 heavy (non-hydrogen) atoms. The third-order valence-electron chi connectivity index (χ3n) is 5.96. The molecule has 0 unspecified atom stereocenters. The summed E-state index contributed by atoms with van der Waals surface area (Å²) in [5, 5.41) is 14.0. The van der Waals surface area contributed by atoms with Gasteiger partial charge in [0.1, 0.15) is 0 Å². The highest BCUT2D eigenvalue weighted by atomic mass is 16.5. The van der Waals surface area contributed by atoms with E-state index < -0.39 is 12.1 Å². The van der Waals surface area contributed by atoms with Gasteiger partial charge in [0, 0.05) is 31.8 Å². The van der Waals surface area contributed by atoms with Crippen LogP contribution in [0.2, 0.25) is 0 Å². The van der Waals surface area contributed by atoms with Crippen molar-refractivity contribution in [1.29, 1.82) is 0 Å². The molecule has 0 bridgehead atoms. The number of H-pyrrole nitrogens is 1. The molecule has 0 saturated heterocycles. The Morgan fingerprint density at radius 3 is 2.68 bits per heavy atom. The van der Waals surface area contributed by atoms with E-state index in [1.54, 1.807) is 19.6 Å². The number of nitrogens with zero attached hydrogens (tertiary/aromatic N) is 1. The lowest BCUT2D eigenvalue weighted by molar-refractivity contribution is -0.124. The number of rotatable bonds is 11. The van der Waals surface area contributed by atoms with E-state index in [-0.39, 0.29) is 18.1 Å². The number of hydrogen-bond acceptors (Lipinski definition) is 5. The van der Waals surface area contributed by atoms with Crippen LogP contribution in [0.1, 0.15) is 64.5 Å². The van der Waals surface area contributed by atoms with Gasteiger partial charge in [-0.3, -0.25) is 4.79 Å². The molecule has 4 atom stereocenters. The molecular weight excluding hydrogens is 356 g/mol. The van der Waals surface area contributed by atoms with Crippen LogP contribution in [0.15, 0.2) is 12.5 Å². The number of ether oxygens (including phenoxy) is 1. The van der Waals surface area contributed by atoms with Gasteiger partial charge in [0.25, 0.3) is 0 Å². The van der Waals surface area contributed by atoms with Gasteiger partial charge in [-0.15, -0.1) is 0 Å². The zero-order valence-electron chi connectivity index (χ0n) is 17.6. The molecule has 2 rings (SSSR count). The summed E-state index contributed by atoms with van der Waals surface area (Å²) in [6, 6.07) is -0.982. The summed E-state index contributed by atoms with van der Waals surface area (Å²) < 4.78 is 5.54. The van der Waals surface area contributed by atoms with Crippen molar-refractivity contribution in [3.05, 3.63) is 18.2 Å². The molecule has 7 nitrogen and oxygen atoms in total. The number of amides is 1. The van der Waals surface area contributed by atoms with Crippen LogP contribution in [0, 0.1) is 11.8 Å². The predicted molar refractivity (Wildman–Crippen MR) is 110 cm³/mol. The quantitative estimate of drug-likeness (QED) is 0.459. The number of imidazole rings is 1. The van der Waals surface area contributed by atoms with E-state index >= 15 is 0 Å². The molecule has 1 aromatic heterocycles. The summed E-state index contributed by atoms with van der Waals surface area (Å²) in [4.78, 5) is 19.6. The second kappa shape index (κ2) is 11.5. The molecule has 0 aromatic carbocycles. The summed E-state index contributed by atoms with van der Waals surface area (Å²) in [6.45, 7) is 4.16. The number of aliphatic hydroxyl groups excluding tert-OH is 1. The highest BCUT2D eigenvalue weighted by Crippen LogP contribution is 2.29. The molecular formula is C21H38N4O3. The Morgan fingerprint density at radius 1 is 1.39 bits per heavy atom. The fraction of sp³-hybridized carbons (Fsp3) is 0.810. The summed E-state index contributed by atoms with van der Waals surface area (Å²) in [7, 11) is 1.67. The van der Waals surface area contributed by atoms with Gasteiger partial charge in [-0.05, 0) is 18.3 Å². The molecule has 7 heteroatoms. The van der Waals surface area contributed by atoms with Crippen molar-refractivity contribution < 1.29 is 14.6 Å². The summed E-state index contributed by atoms with van der Waals surface area (Å²) in [6.07, 6.45) is 10.3. The van der Waals surface area contributed by atoms with Crippen molar-refractivity contribution in [2.75, 3.05) is 7.11 Å². The molecule has 1 aliphatic carbocycles. The zero-order valence-corrected chi connectivity index (χ0v) is 17.6. The van der Waals surface area contributed by atoms with Crippen molar-refractivity contribution in [3.8, 4) is 0 Å². The monoisotopic (exact) mass is 394 g/mol. The van der Waals surface area contributed by atoms with Crippen molar-refractivity contribution in [2.24, 2.45) is 17.6 Å². The number of carbonyl (C=O) groups is 1. The van der Waals surface area contributed by atoms with E-state index in [2.05, 4.69) is 29.1 Å². The Labute approximate surface area is 168 Å². The summed E-state index contributed by atoms with van der Waals surface area (Å²) >= 11 is 0. The first-order chi connectivity index (χ1) is 13.4. The minimum Gasteiger partial charge on any atom is -0.391 e. The molecule has 0 radical (unpaired) electrons. The van der Waals surface area contributed by atoms with Crippen LogP contribution in [-0.4, -0.2) is 52.4 Å². The average Bonchev–Trinajstić information content (AvgIpc) is 3.18. The second-order valence-electron chi connectivity index (χ2n) is 8.56. The lowest BCUT2D eigenvalue weighted by Gasteiger charge is -2.33. The number of carbonyl (C=O) groups excluding carboxylic acids is 1. The third-order valence-corrected chi connectivity index (χ3v) is 5.96. The van der Waals surface area contributed by atoms with E-state index in [0.29, 0.717) is 24.7 Å². The van der Waals surface area contributed by atoms with Gasteiger partial charge in [0.2, 0.25) is 5.91 Å². The summed E-state index contributed by atoms with van der Waals surface area (Å²) in [5.74, 6) is 0.610. The van der Waals surface area contributed by atoms with Gasteiger partial charge in [-0.2, -0.15) is 0 Å². The Kier molecular flexibility index (Phi) is 9.41. The van der Waals surface area contributed by atoms with Gasteiger partial charge in [0.15, 0.2) is 0 Å². The number of aliphatic hydroxyl groups is 1. The van der Waals surface area contributed by atoms with Crippen LogP contribution >= 0.6 is 0 Å². The van der Waals surface area contributed by atoms with Crippen LogP contribution in [0.5, 0.6) is 0 Å². The minimum absolute atomic E-state index is 0.0422. The maximum Gasteiger partial charge on any atom is 0.237 e. The number of hydrogen-bond donors (Lipinski definition) is 4. The van der Waals surface area contributed by atoms with Crippen molar-refractivity contribution >= 4 is 5.91 Å². The Balaban J connectivity index is 1.99. The lowest BCUT2D eigenvalue weighted by Crippen LogP contribution is -2.52. The van der Waals surface area contributed by atoms with Gasteiger partial charge in [-0.1, -0.05) is 46.0 Å². The largest absolute Gasteiger partial charge is 0.391 e. The van der Waals surface area contributed by atoms with E-state index in [9.17, 15) is 9.90 Å². The molecule has 0 aliphatic heterocycles. The Morgan fingerprint density at radius 2 is 2.11 bits per heavy atom. The highest BCUT2D eigenvalue weighted by Gasteiger charge is 2.30. The average molecular weight is 395 g/mol. The Bertz CT molecular complexity index is 558. The number of nitrogens with two attached hydrogens (primary N) is 1. The van der Waals surface area contributed by atoms with Crippen LogP contribution in [-0.2, 0) is 16.0 Å². The van der Waals surface area contributed by atoms with Crippen molar-refractivity contribution in [3.63, 3.8) is 0 Å². The minimum atomic E-state index is -0.676. The van der Waals surface area contributed by atoms with E-state index in [4.69, 9.17) is 10.5 Å². The Hall–Kier alpha value is -1.44. The fourth-order valence-corrected chi connectivity index (χ4v) is 4.15. The van der Waals surface area contributed by atoms with Crippen molar-refractivity contribution in [2.45, 2.75) is 89.5 Å². The van der Waals surface area contributed by atoms with E-state index in [1.165, 1.54) is 19.3 Å². The number of methoxy groups -OCH3 is 1. The molecule has 1 heterocycles. The van der Waals surface area contributed by atoms with Gasteiger partial charge in [0.05, 0.1) is 30.6 Å². The van der Waals surface area contributed by atoms with E-state index in [0.717, 1.165) is 25.0 Å². The molecule has 1 amide bonds. The lowest BCUT2D eigenvalue weighted by atomic mass is 9.82. The molecule has 1 aliphatic rings. The van der Waals surface area contributed by atoms with Gasteiger partial charge < -0.3 is 25.9 Å². The van der Waals surface area contributed by atoms with E-state index in [1.807, 2.05) is 0 Å². The van der Waals surface area contributed by atoms with Crippen molar-refractivity contribution in [1.82, 2.24) is 15.3 Å². The number of aromatic nitrogens is 2. The predicted octanol–water partition coefficient (Wildman–Crippen LogP) is 2.16. The third kappa shape index (κ3) is 7.18. The normalized spacial score (nSPS) is 19.9. The molecule has 1 saturated carbocycles. The molecule has 0 spiro atoms. The van der Waals surface area contributed by atoms with Crippen LogP contribution < -0.4 is 11.1 Å². The first-order valence-electron chi connectivity index (χ1n) is 10.6. The smallest absolute Gasteiger partial charge is 0.237 e. The van der Waals surface area contributed by atoms with Gasteiger partial charge in [-0.25, -0.2) is 4.98 Å². The van der Waals surface area contributed by atoms with Gasteiger partial charge >= 0.3 is 0 Å². The standard InChI is InChI=1S/C21H38N4O3/c1-14(2)20(28-3)11-19(26)18(9-15-7-5-4-6-8-15)25-21(27)17(22)10-16-12-23-13-24-16/h12-15,17-20,26H,4-11,22H2,1-3H3,(H,23,24)(H,25,27)/t17-,18-,19-,20-/m0/s1. The SMILES string of the molecule is CO[C@@H](C[C@H](O)[C@H](CC1CCCCC1)NC(=O)[C@@H](N)Cc1cnc[nH]1)C(C)C. The zero-order chi connectivity index (χ0) is 20.5. The van der Waals surface area contributed by atoms with Crippen LogP contribution in [0.4, 0.5) is 0 Å². The molecule has 1 fully saturated rings. The number of nitrogens with one attached hydrogen (secondary N) is 2. The molecule has 5 N–H and O–H groups in total. The fourth-order valence-electron chi connectivity index (χ4n) is 4.15. The highest BCUT2D eigenvalue weighted by molar-refractivity contribution is 5.82. The maximum absolute atomic E-state index is 12.7. The topological polar surface area (TPSA) is 113 Å². The first kappa shape index (κ1) is 22.8. The second-order valence-corrected chi connectivity index (χ2v) is 8.56. The van der Waals surface area contributed by atoms with Crippen LogP contribution in [0.3, 0.4) is 0 Å². The number of aromatic amines is 1. The first-order valence-corrected chi connectivity index (χ1v) is 10.6. The maximum atomic E-state index is 12.7. The molecule has 1 aromatic rings.